The number of aryl methyl sites for hydroxylation is 2. The first-order valence-corrected chi connectivity index (χ1v) is 6.05. The maximum Gasteiger partial charge on any atom is 0.123 e. The topological polar surface area (TPSA) is 20.2 Å². The summed E-state index contributed by atoms with van der Waals surface area (Å²) in [7, 11) is 0. The van der Waals surface area contributed by atoms with E-state index in [9.17, 15) is 9.50 Å². The Labute approximate surface area is 107 Å². The van der Waals surface area contributed by atoms with Crippen LogP contribution in [0.2, 0.25) is 0 Å². The molecule has 1 nitrogen and oxygen atoms in total. The van der Waals surface area contributed by atoms with Crippen molar-refractivity contribution in [3.8, 4) is 0 Å². The standard InChI is InChI=1S/C16H17FO/c1-11-7-12(2)9-13(8-11)10-16(18)14-3-5-15(17)6-4-14/h3-9,16,18H,10H2,1-2H3. The Morgan fingerprint density at radius 1 is 1.00 bits per heavy atom. The molecule has 0 heterocycles. The molecule has 1 N–H and O–H groups in total. The van der Waals surface area contributed by atoms with Crippen molar-refractivity contribution in [2.75, 3.05) is 0 Å². The van der Waals surface area contributed by atoms with Crippen molar-refractivity contribution in [1.29, 1.82) is 0 Å². The molecule has 2 heteroatoms. The minimum absolute atomic E-state index is 0.280. The van der Waals surface area contributed by atoms with Gasteiger partial charge in [0.25, 0.3) is 0 Å². The average molecular weight is 244 g/mol. The molecule has 0 fully saturated rings. The van der Waals surface area contributed by atoms with Gasteiger partial charge >= 0.3 is 0 Å². The molecule has 18 heavy (non-hydrogen) atoms. The van der Waals surface area contributed by atoms with Crippen molar-refractivity contribution in [2.45, 2.75) is 26.4 Å². The smallest absolute Gasteiger partial charge is 0.123 e. The molecule has 0 spiro atoms. The van der Waals surface area contributed by atoms with Crippen LogP contribution < -0.4 is 0 Å². The molecule has 0 aromatic heterocycles. The third-order valence-corrected chi connectivity index (χ3v) is 2.97. The predicted octanol–water partition coefficient (Wildman–Crippen LogP) is 3.72. The molecule has 2 rings (SSSR count). The molecular weight excluding hydrogens is 227 g/mol. The van der Waals surface area contributed by atoms with Crippen molar-refractivity contribution >= 4 is 0 Å². The molecule has 1 unspecified atom stereocenters. The molecule has 0 aliphatic rings. The number of rotatable bonds is 3. The largest absolute Gasteiger partial charge is 0.388 e. The molecular formula is C16H17FO. The fraction of sp³-hybridized carbons (Fsp3) is 0.250. The maximum atomic E-state index is 12.8. The summed E-state index contributed by atoms with van der Waals surface area (Å²) in [6.07, 6.45) is -0.0412. The van der Waals surface area contributed by atoms with E-state index >= 15 is 0 Å². The van der Waals surface area contributed by atoms with Crippen LogP contribution in [0.1, 0.15) is 28.4 Å². The van der Waals surface area contributed by atoms with Gasteiger partial charge in [-0.3, -0.25) is 0 Å². The summed E-state index contributed by atoms with van der Waals surface area (Å²) in [5.74, 6) is -0.280. The van der Waals surface area contributed by atoms with Gasteiger partial charge in [0.05, 0.1) is 6.10 Å². The first-order chi connectivity index (χ1) is 8.54. The first-order valence-electron chi connectivity index (χ1n) is 6.05. The average Bonchev–Trinajstić information content (AvgIpc) is 2.28. The molecule has 0 aliphatic heterocycles. The molecule has 0 saturated carbocycles. The highest BCUT2D eigenvalue weighted by atomic mass is 19.1. The summed E-state index contributed by atoms with van der Waals surface area (Å²) in [4.78, 5) is 0. The van der Waals surface area contributed by atoms with E-state index in [-0.39, 0.29) is 5.82 Å². The van der Waals surface area contributed by atoms with Gasteiger partial charge in [0, 0.05) is 6.42 Å². The zero-order valence-corrected chi connectivity index (χ0v) is 10.7. The third kappa shape index (κ3) is 3.17. The highest BCUT2D eigenvalue weighted by Gasteiger charge is 2.09. The van der Waals surface area contributed by atoms with Gasteiger partial charge in [-0.2, -0.15) is 0 Å². The lowest BCUT2D eigenvalue weighted by molar-refractivity contribution is 0.178. The normalized spacial score (nSPS) is 12.4. The van der Waals surface area contributed by atoms with Crippen molar-refractivity contribution in [3.05, 3.63) is 70.5 Å². The summed E-state index contributed by atoms with van der Waals surface area (Å²) in [5, 5.41) is 10.1. The number of hydrogen-bond acceptors (Lipinski definition) is 1. The molecule has 0 aliphatic carbocycles. The van der Waals surface area contributed by atoms with Gasteiger partial charge in [0.15, 0.2) is 0 Å². The Bertz CT molecular complexity index is 511. The fourth-order valence-corrected chi connectivity index (χ4v) is 2.21. The monoisotopic (exact) mass is 244 g/mol. The van der Waals surface area contributed by atoms with E-state index in [1.807, 2.05) is 13.8 Å². The highest BCUT2D eigenvalue weighted by molar-refractivity contribution is 5.30. The Hall–Kier alpha value is -1.67. The van der Waals surface area contributed by atoms with E-state index in [4.69, 9.17) is 0 Å². The van der Waals surface area contributed by atoms with E-state index in [1.54, 1.807) is 12.1 Å². The molecule has 0 bridgehead atoms. The van der Waals surface area contributed by atoms with Crippen LogP contribution in [-0.4, -0.2) is 5.11 Å². The summed E-state index contributed by atoms with van der Waals surface area (Å²) < 4.78 is 12.8. The van der Waals surface area contributed by atoms with Gasteiger partial charge in [-0.15, -0.1) is 0 Å². The quantitative estimate of drug-likeness (QED) is 0.872. The van der Waals surface area contributed by atoms with Crippen molar-refractivity contribution < 1.29 is 9.50 Å². The number of halogens is 1. The van der Waals surface area contributed by atoms with Crippen LogP contribution in [0.3, 0.4) is 0 Å². The third-order valence-electron chi connectivity index (χ3n) is 2.97. The van der Waals surface area contributed by atoms with Crippen LogP contribution in [0, 0.1) is 19.7 Å². The van der Waals surface area contributed by atoms with Gasteiger partial charge in [-0.05, 0) is 37.1 Å². The molecule has 2 aromatic carbocycles. The molecule has 0 radical (unpaired) electrons. The van der Waals surface area contributed by atoms with Crippen LogP contribution in [0.5, 0.6) is 0 Å². The second kappa shape index (κ2) is 5.32. The first kappa shape index (κ1) is 12.8. The van der Waals surface area contributed by atoms with Gasteiger partial charge in [0.1, 0.15) is 5.82 Å². The Morgan fingerprint density at radius 3 is 2.11 bits per heavy atom. The summed E-state index contributed by atoms with van der Waals surface area (Å²) in [5.41, 5.74) is 4.23. The zero-order valence-electron chi connectivity index (χ0n) is 10.7. The summed E-state index contributed by atoms with van der Waals surface area (Å²) in [6.45, 7) is 4.08. The van der Waals surface area contributed by atoms with Crippen LogP contribution >= 0.6 is 0 Å². The zero-order chi connectivity index (χ0) is 13.1. The second-order valence-corrected chi connectivity index (χ2v) is 4.77. The van der Waals surface area contributed by atoms with E-state index in [0.29, 0.717) is 6.42 Å². The molecule has 2 aromatic rings. The lowest BCUT2D eigenvalue weighted by atomic mass is 9.98. The van der Waals surface area contributed by atoms with Crippen LogP contribution in [0.4, 0.5) is 4.39 Å². The van der Waals surface area contributed by atoms with Crippen LogP contribution in [0.25, 0.3) is 0 Å². The van der Waals surface area contributed by atoms with Gasteiger partial charge in [-0.25, -0.2) is 4.39 Å². The SMILES string of the molecule is Cc1cc(C)cc(CC(O)c2ccc(F)cc2)c1. The Morgan fingerprint density at radius 2 is 1.56 bits per heavy atom. The highest BCUT2D eigenvalue weighted by Crippen LogP contribution is 2.20. The summed E-state index contributed by atoms with van der Waals surface area (Å²) >= 11 is 0. The molecule has 0 amide bonds. The van der Waals surface area contributed by atoms with Crippen LogP contribution in [-0.2, 0) is 6.42 Å². The van der Waals surface area contributed by atoms with E-state index in [2.05, 4.69) is 18.2 Å². The van der Waals surface area contributed by atoms with E-state index in [0.717, 1.165) is 11.1 Å². The number of hydrogen-bond donors (Lipinski definition) is 1. The number of benzene rings is 2. The van der Waals surface area contributed by atoms with Gasteiger partial charge < -0.3 is 5.11 Å². The lowest BCUT2D eigenvalue weighted by Gasteiger charge is -2.12. The number of aliphatic hydroxyl groups excluding tert-OH is 1. The minimum Gasteiger partial charge on any atom is -0.388 e. The van der Waals surface area contributed by atoms with Gasteiger partial charge in [0.2, 0.25) is 0 Å². The maximum absolute atomic E-state index is 12.8. The van der Waals surface area contributed by atoms with Crippen molar-refractivity contribution in [3.63, 3.8) is 0 Å². The Kier molecular flexibility index (Phi) is 3.78. The second-order valence-electron chi connectivity index (χ2n) is 4.77. The van der Waals surface area contributed by atoms with E-state index in [1.165, 1.54) is 23.3 Å². The van der Waals surface area contributed by atoms with Crippen molar-refractivity contribution in [1.82, 2.24) is 0 Å². The van der Waals surface area contributed by atoms with Gasteiger partial charge in [-0.1, -0.05) is 41.5 Å². The molecule has 94 valence electrons. The predicted molar refractivity (Wildman–Crippen MR) is 71.0 cm³/mol. The fourth-order valence-electron chi connectivity index (χ4n) is 2.21. The molecule has 0 saturated heterocycles. The minimum atomic E-state index is -0.591. The molecule has 1 atom stereocenters. The number of aliphatic hydroxyl groups is 1. The summed E-state index contributed by atoms with van der Waals surface area (Å²) in [6, 6.07) is 12.2. The lowest BCUT2D eigenvalue weighted by Crippen LogP contribution is -2.02. The van der Waals surface area contributed by atoms with Crippen molar-refractivity contribution in [2.24, 2.45) is 0 Å². The van der Waals surface area contributed by atoms with E-state index < -0.39 is 6.10 Å². The van der Waals surface area contributed by atoms with Crippen LogP contribution in [0.15, 0.2) is 42.5 Å². The Balaban J connectivity index is 2.15.